The maximum absolute atomic E-state index is 10.9. The van der Waals surface area contributed by atoms with Crippen molar-refractivity contribution in [2.45, 2.75) is 33.3 Å². The number of hydrogen-bond acceptors (Lipinski definition) is 4. The second kappa shape index (κ2) is 5.36. The number of esters is 1. The fourth-order valence-corrected chi connectivity index (χ4v) is 0.573. The number of nitrogens with zero attached hydrogens (tertiary/aromatic N) is 1. The summed E-state index contributed by atoms with van der Waals surface area (Å²) in [6, 6.07) is 0. The van der Waals surface area contributed by atoms with Crippen LogP contribution >= 0.6 is 0 Å². The molecule has 0 unspecified atom stereocenters. The SMILES string of the molecule is CCOC(=O)/C=N\C(=O)OC(C)(C)C. The van der Waals surface area contributed by atoms with Gasteiger partial charge in [0.2, 0.25) is 0 Å². The van der Waals surface area contributed by atoms with E-state index in [1.54, 1.807) is 27.7 Å². The molecule has 0 saturated carbocycles. The molecule has 0 spiro atoms. The molecular formula is C9H15NO4. The number of hydrogen-bond donors (Lipinski definition) is 0. The van der Waals surface area contributed by atoms with Crippen molar-refractivity contribution in [3.63, 3.8) is 0 Å². The number of aliphatic imine (C=N–C) groups is 1. The van der Waals surface area contributed by atoms with Gasteiger partial charge < -0.3 is 9.47 Å². The lowest BCUT2D eigenvalue weighted by Crippen LogP contribution is -2.22. The third-order valence-corrected chi connectivity index (χ3v) is 0.955. The molecule has 5 heteroatoms. The Morgan fingerprint density at radius 3 is 2.36 bits per heavy atom. The summed E-state index contributed by atoms with van der Waals surface area (Å²) < 4.78 is 9.35. The van der Waals surface area contributed by atoms with Crippen LogP contribution in [0.2, 0.25) is 0 Å². The molecule has 0 atom stereocenters. The summed E-state index contributed by atoms with van der Waals surface area (Å²) in [5.74, 6) is -0.654. The van der Waals surface area contributed by atoms with E-state index in [2.05, 4.69) is 9.73 Å². The van der Waals surface area contributed by atoms with Crippen LogP contribution in [0.3, 0.4) is 0 Å². The Balaban J connectivity index is 4.00. The van der Waals surface area contributed by atoms with Crippen molar-refractivity contribution < 1.29 is 19.1 Å². The topological polar surface area (TPSA) is 65.0 Å². The molecular weight excluding hydrogens is 186 g/mol. The first kappa shape index (κ1) is 12.6. The van der Waals surface area contributed by atoms with Crippen molar-refractivity contribution in [2.24, 2.45) is 4.99 Å². The molecule has 0 aliphatic carbocycles. The number of ether oxygens (including phenoxy) is 2. The van der Waals surface area contributed by atoms with Crippen LogP contribution in [0.5, 0.6) is 0 Å². The molecule has 0 rings (SSSR count). The van der Waals surface area contributed by atoms with Crippen LogP contribution in [0, 0.1) is 0 Å². The molecule has 0 heterocycles. The zero-order chi connectivity index (χ0) is 11.2. The van der Waals surface area contributed by atoms with Gasteiger partial charge in [0.25, 0.3) is 0 Å². The summed E-state index contributed by atoms with van der Waals surface area (Å²) in [7, 11) is 0. The largest absolute Gasteiger partial charge is 0.462 e. The van der Waals surface area contributed by atoms with Crippen molar-refractivity contribution in [2.75, 3.05) is 6.61 Å². The maximum atomic E-state index is 10.9. The first-order chi connectivity index (χ1) is 6.35. The van der Waals surface area contributed by atoms with Gasteiger partial charge >= 0.3 is 12.1 Å². The Kier molecular flexibility index (Phi) is 4.83. The summed E-state index contributed by atoms with van der Waals surface area (Å²) in [5.41, 5.74) is -0.608. The normalized spacial score (nSPS) is 11.4. The fourth-order valence-electron chi connectivity index (χ4n) is 0.573. The Morgan fingerprint density at radius 2 is 1.93 bits per heavy atom. The molecule has 80 valence electrons. The molecule has 0 radical (unpaired) electrons. The monoisotopic (exact) mass is 201 g/mol. The Labute approximate surface area is 83.1 Å². The van der Waals surface area contributed by atoms with E-state index in [1.165, 1.54) is 0 Å². The lowest BCUT2D eigenvalue weighted by atomic mass is 10.2. The lowest BCUT2D eigenvalue weighted by molar-refractivity contribution is -0.134. The molecule has 0 bridgehead atoms. The zero-order valence-electron chi connectivity index (χ0n) is 8.86. The van der Waals surface area contributed by atoms with Gasteiger partial charge in [0.1, 0.15) is 11.8 Å². The molecule has 14 heavy (non-hydrogen) atoms. The fraction of sp³-hybridized carbons (Fsp3) is 0.667. The van der Waals surface area contributed by atoms with E-state index < -0.39 is 17.7 Å². The van der Waals surface area contributed by atoms with Crippen LogP contribution in [0.4, 0.5) is 4.79 Å². The smallest absolute Gasteiger partial charge is 0.434 e. The van der Waals surface area contributed by atoms with Gasteiger partial charge in [-0.2, -0.15) is 4.99 Å². The molecule has 0 N–H and O–H groups in total. The third kappa shape index (κ3) is 7.27. The minimum Gasteiger partial charge on any atom is -0.462 e. The second-order valence-electron chi connectivity index (χ2n) is 3.49. The van der Waals surface area contributed by atoms with Crippen molar-refractivity contribution in [3.8, 4) is 0 Å². The van der Waals surface area contributed by atoms with Gasteiger partial charge in [-0.05, 0) is 27.7 Å². The third-order valence-electron chi connectivity index (χ3n) is 0.955. The average molecular weight is 201 g/mol. The average Bonchev–Trinajstić information content (AvgIpc) is 1.98. The predicted octanol–water partition coefficient (Wildman–Crippen LogP) is 1.56. The van der Waals surface area contributed by atoms with E-state index in [0.717, 1.165) is 6.21 Å². The van der Waals surface area contributed by atoms with Crippen molar-refractivity contribution in [3.05, 3.63) is 0 Å². The Morgan fingerprint density at radius 1 is 1.36 bits per heavy atom. The van der Waals surface area contributed by atoms with Crippen LogP contribution < -0.4 is 0 Å². The molecule has 0 aliphatic rings. The minimum absolute atomic E-state index is 0.249. The molecule has 0 aromatic heterocycles. The number of carbonyl (C=O) groups excluding carboxylic acids is 2. The number of carbonyl (C=O) groups is 2. The van der Waals surface area contributed by atoms with E-state index >= 15 is 0 Å². The maximum Gasteiger partial charge on any atom is 0.434 e. The predicted molar refractivity (Wildman–Crippen MR) is 51.4 cm³/mol. The van der Waals surface area contributed by atoms with Crippen LogP contribution in [0.25, 0.3) is 0 Å². The molecule has 5 nitrogen and oxygen atoms in total. The van der Waals surface area contributed by atoms with Crippen LogP contribution in [0.1, 0.15) is 27.7 Å². The van der Waals surface area contributed by atoms with Crippen LogP contribution in [0.15, 0.2) is 4.99 Å². The minimum atomic E-state index is -0.800. The summed E-state index contributed by atoms with van der Waals surface area (Å²) in [5, 5.41) is 0. The highest BCUT2D eigenvalue weighted by molar-refractivity contribution is 6.24. The Bertz CT molecular complexity index is 240. The molecule has 1 amide bonds. The molecule has 0 aromatic carbocycles. The van der Waals surface area contributed by atoms with E-state index in [1.807, 2.05) is 0 Å². The van der Waals surface area contributed by atoms with E-state index in [4.69, 9.17) is 4.74 Å². The van der Waals surface area contributed by atoms with Crippen LogP contribution in [-0.2, 0) is 14.3 Å². The highest BCUT2D eigenvalue weighted by atomic mass is 16.6. The lowest BCUT2D eigenvalue weighted by Gasteiger charge is -2.16. The van der Waals surface area contributed by atoms with Gasteiger partial charge in [-0.3, -0.25) is 0 Å². The van der Waals surface area contributed by atoms with E-state index in [-0.39, 0.29) is 6.61 Å². The van der Waals surface area contributed by atoms with E-state index in [0.29, 0.717) is 0 Å². The van der Waals surface area contributed by atoms with Crippen molar-refractivity contribution in [1.29, 1.82) is 0 Å². The summed E-state index contributed by atoms with van der Waals surface area (Å²) in [6.45, 7) is 7.05. The Hall–Kier alpha value is -1.39. The molecule has 0 aromatic rings. The summed E-state index contributed by atoms with van der Waals surface area (Å²) in [4.78, 5) is 24.9. The van der Waals surface area contributed by atoms with Crippen LogP contribution in [-0.4, -0.2) is 30.5 Å². The second-order valence-corrected chi connectivity index (χ2v) is 3.49. The number of rotatable bonds is 2. The standard InChI is InChI=1S/C9H15NO4/c1-5-13-7(11)6-10-8(12)14-9(2,3)4/h6H,5H2,1-4H3/b10-6-. The van der Waals surface area contributed by atoms with E-state index in [9.17, 15) is 9.59 Å². The quantitative estimate of drug-likeness (QED) is 0.502. The number of amides is 1. The zero-order valence-corrected chi connectivity index (χ0v) is 8.86. The van der Waals surface area contributed by atoms with Gasteiger partial charge in [-0.1, -0.05) is 0 Å². The summed E-state index contributed by atoms with van der Waals surface area (Å²) >= 11 is 0. The summed E-state index contributed by atoms with van der Waals surface area (Å²) in [6.07, 6.45) is 0.00273. The highest BCUT2D eigenvalue weighted by Gasteiger charge is 2.15. The van der Waals surface area contributed by atoms with Gasteiger partial charge in [-0.25, -0.2) is 9.59 Å². The molecule has 0 fully saturated rings. The van der Waals surface area contributed by atoms with Gasteiger partial charge in [0.05, 0.1) is 6.61 Å². The van der Waals surface area contributed by atoms with Gasteiger partial charge in [0, 0.05) is 0 Å². The molecule has 0 aliphatic heterocycles. The molecule has 0 saturated heterocycles. The first-order valence-electron chi connectivity index (χ1n) is 4.29. The van der Waals surface area contributed by atoms with Crippen molar-refractivity contribution >= 4 is 18.3 Å². The van der Waals surface area contributed by atoms with Gasteiger partial charge in [-0.15, -0.1) is 0 Å². The van der Waals surface area contributed by atoms with Crippen molar-refractivity contribution in [1.82, 2.24) is 0 Å². The highest BCUT2D eigenvalue weighted by Crippen LogP contribution is 2.07. The first-order valence-corrected chi connectivity index (χ1v) is 4.29. The van der Waals surface area contributed by atoms with Gasteiger partial charge in [0.15, 0.2) is 0 Å².